The van der Waals surface area contributed by atoms with Crippen molar-refractivity contribution >= 4 is 5.91 Å². The summed E-state index contributed by atoms with van der Waals surface area (Å²) in [5.41, 5.74) is 8.45. The number of ether oxygens (including phenoxy) is 1. The maximum absolute atomic E-state index is 11.3. The van der Waals surface area contributed by atoms with Crippen molar-refractivity contribution in [1.29, 1.82) is 0 Å². The lowest BCUT2D eigenvalue weighted by Gasteiger charge is -2.07. The molecular formula is C17H15N3O2. The van der Waals surface area contributed by atoms with E-state index in [-0.39, 0.29) is 0 Å². The van der Waals surface area contributed by atoms with Crippen LogP contribution in [0.15, 0.2) is 60.8 Å². The van der Waals surface area contributed by atoms with Crippen LogP contribution in [0.4, 0.5) is 0 Å². The average molecular weight is 293 g/mol. The van der Waals surface area contributed by atoms with Crippen LogP contribution in [-0.4, -0.2) is 16.1 Å². The molecule has 0 bridgehead atoms. The summed E-state index contributed by atoms with van der Waals surface area (Å²) in [7, 11) is 0. The van der Waals surface area contributed by atoms with Crippen molar-refractivity contribution in [2.45, 2.75) is 6.61 Å². The van der Waals surface area contributed by atoms with E-state index in [1.165, 1.54) is 0 Å². The van der Waals surface area contributed by atoms with E-state index in [9.17, 15) is 4.79 Å². The van der Waals surface area contributed by atoms with Gasteiger partial charge in [-0.05, 0) is 23.3 Å². The third-order valence-corrected chi connectivity index (χ3v) is 3.29. The number of hydrogen-bond donors (Lipinski definition) is 2. The van der Waals surface area contributed by atoms with Gasteiger partial charge in [0.2, 0.25) is 11.8 Å². The van der Waals surface area contributed by atoms with Crippen LogP contribution in [-0.2, 0) is 6.61 Å². The molecule has 1 aromatic heterocycles. The lowest BCUT2D eigenvalue weighted by molar-refractivity contribution is 0.100. The number of aromatic nitrogens is 2. The van der Waals surface area contributed by atoms with E-state index in [1.54, 1.807) is 24.4 Å². The molecule has 22 heavy (non-hydrogen) atoms. The first-order chi connectivity index (χ1) is 10.7. The second-order valence-electron chi connectivity index (χ2n) is 4.83. The van der Waals surface area contributed by atoms with Gasteiger partial charge in [0.05, 0.1) is 11.8 Å². The fraction of sp³-hybridized carbons (Fsp3) is 0.0588. The van der Waals surface area contributed by atoms with Gasteiger partial charge in [0.1, 0.15) is 6.61 Å². The number of rotatable bonds is 5. The van der Waals surface area contributed by atoms with Gasteiger partial charge in [0, 0.05) is 5.56 Å². The van der Waals surface area contributed by atoms with Crippen molar-refractivity contribution in [3.63, 3.8) is 0 Å². The van der Waals surface area contributed by atoms with Gasteiger partial charge >= 0.3 is 0 Å². The van der Waals surface area contributed by atoms with Crippen LogP contribution in [0.2, 0.25) is 0 Å². The molecule has 0 spiro atoms. The Kier molecular flexibility index (Phi) is 3.87. The number of amides is 1. The van der Waals surface area contributed by atoms with Crippen molar-refractivity contribution in [2.24, 2.45) is 5.73 Å². The molecule has 0 saturated heterocycles. The summed E-state index contributed by atoms with van der Waals surface area (Å²) in [6.07, 6.45) is 1.67. The lowest BCUT2D eigenvalue weighted by Crippen LogP contribution is -2.10. The molecule has 0 saturated carbocycles. The Morgan fingerprint density at radius 3 is 2.73 bits per heavy atom. The second kappa shape index (κ2) is 6.13. The van der Waals surface area contributed by atoms with Crippen molar-refractivity contribution in [3.05, 3.63) is 71.9 Å². The first kappa shape index (κ1) is 13.9. The quantitative estimate of drug-likeness (QED) is 0.759. The normalized spacial score (nSPS) is 10.4. The maximum atomic E-state index is 11.3. The SMILES string of the molecule is NC(=O)c1cccc(-c2cn[nH]c2OCc2ccccc2)c1. The Balaban J connectivity index is 1.83. The zero-order chi connectivity index (χ0) is 15.4. The fourth-order valence-electron chi connectivity index (χ4n) is 2.16. The largest absolute Gasteiger partial charge is 0.473 e. The van der Waals surface area contributed by atoms with Gasteiger partial charge < -0.3 is 10.5 Å². The summed E-state index contributed by atoms with van der Waals surface area (Å²) in [6, 6.07) is 16.9. The van der Waals surface area contributed by atoms with Crippen molar-refractivity contribution < 1.29 is 9.53 Å². The van der Waals surface area contributed by atoms with Crippen LogP contribution < -0.4 is 10.5 Å². The zero-order valence-corrected chi connectivity index (χ0v) is 11.8. The number of carbonyl (C=O) groups is 1. The van der Waals surface area contributed by atoms with Crippen LogP contribution in [0.25, 0.3) is 11.1 Å². The van der Waals surface area contributed by atoms with Gasteiger partial charge in [0.15, 0.2) is 0 Å². The number of primary amides is 1. The van der Waals surface area contributed by atoms with Crippen LogP contribution in [0.1, 0.15) is 15.9 Å². The Morgan fingerprint density at radius 2 is 1.95 bits per heavy atom. The molecule has 3 N–H and O–H groups in total. The second-order valence-corrected chi connectivity index (χ2v) is 4.83. The number of nitrogens with zero attached hydrogens (tertiary/aromatic N) is 1. The van der Waals surface area contributed by atoms with Crippen molar-refractivity contribution in [2.75, 3.05) is 0 Å². The monoisotopic (exact) mass is 293 g/mol. The molecular weight excluding hydrogens is 278 g/mol. The first-order valence-electron chi connectivity index (χ1n) is 6.84. The molecule has 3 rings (SSSR count). The Labute approximate surface area is 127 Å². The summed E-state index contributed by atoms with van der Waals surface area (Å²) >= 11 is 0. The van der Waals surface area contributed by atoms with Crippen LogP contribution >= 0.6 is 0 Å². The van der Waals surface area contributed by atoms with E-state index in [2.05, 4.69) is 10.2 Å². The van der Waals surface area contributed by atoms with Gasteiger partial charge in [-0.3, -0.25) is 4.79 Å². The molecule has 0 unspecified atom stereocenters. The summed E-state index contributed by atoms with van der Waals surface area (Å²) < 4.78 is 5.78. The van der Waals surface area contributed by atoms with Gasteiger partial charge in [-0.1, -0.05) is 42.5 Å². The minimum atomic E-state index is -0.461. The molecule has 110 valence electrons. The topological polar surface area (TPSA) is 81.0 Å². The number of nitrogens with two attached hydrogens (primary N) is 1. The van der Waals surface area contributed by atoms with E-state index in [1.807, 2.05) is 36.4 Å². The molecule has 2 aromatic carbocycles. The third-order valence-electron chi connectivity index (χ3n) is 3.29. The Morgan fingerprint density at radius 1 is 1.14 bits per heavy atom. The Bertz CT molecular complexity index is 781. The predicted octanol–water partition coefficient (Wildman–Crippen LogP) is 2.75. The molecule has 0 aliphatic heterocycles. The van der Waals surface area contributed by atoms with Crippen molar-refractivity contribution in [3.8, 4) is 17.0 Å². The number of hydrogen-bond acceptors (Lipinski definition) is 3. The highest BCUT2D eigenvalue weighted by molar-refractivity contribution is 5.94. The van der Waals surface area contributed by atoms with Gasteiger partial charge in [-0.25, -0.2) is 5.10 Å². The molecule has 3 aromatic rings. The van der Waals surface area contributed by atoms with Crippen molar-refractivity contribution in [1.82, 2.24) is 10.2 Å². The summed E-state index contributed by atoms with van der Waals surface area (Å²) in [4.78, 5) is 11.3. The summed E-state index contributed by atoms with van der Waals surface area (Å²) in [5, 5.41) is 6.85. The standard InChI is InChI=1S/C17H15N3O2/c18-16(21)14-8-4-7-13(9-14)15-10-19-20-17(15)22-11-12-5-2-1-3-6-12/h1-10H,11H2,(H2,18,21)(H,19,20). The number of aromatic amines is 1. The molecule has 0 atom stereocenters. The highest BCUT2D eigenvalue weighted by Crippen LogP contribution is 2.28. The van der Waals surface area contributed by atoms with Gasteiger partial charge in [0.25, 0.3) is 0 Å². The van der Waals surface area contributed by atoms with Crippen LogP contribution in [0, 0.1) is 0 Å². The minimum absolute atomic E-state index is 0.436. The predicted molar refractivity (Wildman–Crippen MR) is 83.3 cm³/mol. The fourth-order valence-corrected chi connectivity index (χ4v) is 2.16. The maximum Gasteiger partial charge on any atom is 0.248 e. The van der Waals surface area contributed by atoms with E-state index in [0.29, 0.717) is 18.1 Å². The number of benzene rings is 2. The molecule has 0 fully saturated rings. The highest BCUT2D eigenvalue weighted by Gasteiger charge is 2.11. The van der Waals surface area contributed by atoms with E-state index in [4.69, 9.17) is 10.5 Å². The molecule has 5 nitrogen and oxygen atoms in total. The molecule has 0 aliphatic rings. The first-order valence-corrected chi connectivity index (χ1v) is 6.84. The summed E-state index contributed by atoms with van der Waals surface area (Å²) in [5.74, 6) is 0.0996. The van der Waals surface area contributed by atoms with E-state index < -0.39 is 5.91 Å². The minimum Gasteiger partial charge on any atom is -0.473 e. The van der Waals surface area contributed by atoms with E-state index >= 15 is 0 Å². The number of H-pyrrole nitrogens is 1. The van der Waals surface area contributed by atoms with Crippen LogP contribution in [0.3, 0.4) is 0 Å². The Hall–Kier alpha value is -3.08. The van der Waals surface area contributed by atoms with Gasteiger partial charge in [-0.2, -0.15) is 5.10 Å². The smallest absolute Gasteiger partial charge is 0.248 e. The molecule has 1 amide bonds. The molecule has 0 radical (unpaired) electrons. The highest BCUT2D eigenvalue weighted by atomic mass is 16.5. The zero-order valence-electron chi connectivity index (χ0n) is 11.8. The lowest BCUT2D eigenvalue weighted by atomic mass is 10.1. The van der Waals surface area contributed by atoms with Crippen LogP contribution in [0.5, 0.6) is 5.88 Å². The number of carbonyl (C=O) groups excluding carboxylic acids is 1. The average Bonchev–Trinajstić information content (AvgIpc) is 3.02. The summed E-state index contributed by atoms with van der Waals surface area (Å²) in [6.45, 7) is 0.436. The molecule has 5 heteroatoms. The molecule has 1 heterocycles. The van der Waals surface area contributed by atoms with E-state index in [0.717, 1.165) is 16.7 Å². The molecule has 0 aliphatic carbocycles. The number of nitrogens with one attached hydrogen (secondary N) is 1. The third kappa shape index (κ3) is 2.98. The van der Waals surface area contributed by atoms with Gasteiger partial charge in [-0.15, -0.1) is 0 Å².